The van der Waals surface area contributed by atoms with Crippen LogP contribution in [0.2, 0.25) is 5.02 Å². The minimum absolute atomic E-state index is 0.252. The molecule has 0 fully saturated rings. The standard InChI is InChI=1S/C10H7Cl2NO3S/c1-5-2-8-6(3-7(5)11)10(14)9(4-13-8)17(12,15)16/h2-4H,1H3,(H,13,14). The van der Waals surface area contributed by atoms with Crippen LogP contribution in [-0.2, 0) is 9.05 Å². The smallest absolute Gasteiger partial charge is 0.266 e. The fourth-order valence-electron chi connectivity index (χ4n) is 1.46. The van der Waals surface area contributed by atoms with Crippen LogP contribution in [0.5, 0.6) is 5.75 Å². The molecule has 0 aliphatic carbocycles. The zero-order valence-corrected chi connectivity index (χ0v) is 10.9. The lowest BCUT2D eigenvalue weighted by atomic mass is 10.1. The Morgan fingerprint density at radius 1 is 1.35 bits per heavy atom. The van der Waals surface area contributed by atoms with Gasteiger partial charge in [0.1, 0.15) is 10.6 Å². The predicted octanol–water partition coefficient (Wildman–Crippen LogP) is 2.83. The van der Waals surface area contributed by atoms with Crippen molar-refractivity contribution in [1.82, 2.24) is 4.98 Å². The topological polar surface area (TPSA) is 67.3 Å². The van der Waals surface area contributed by atoms with Gasteiger partial charge in [-0.2, -0.15) is 0 Å². The largest absolute Gasteiger partial charge is 0.506 e. The molecule has 0 atom stereocenters. The van der Waals surface area contributed by atoms with E-state index in [-0.39, 0.29) is 5.39 Å². The summed E-state index contributed by atoms with van der Waals surface area (Å²) in [4.78, 5) is 3.50. The first-order valence-corrected chi connectivity index (χ1v) is 7.22. The average Bonchev–Trinajstić information content (AvgIpc) is 2.19. The van der Waals surface area contributed by atoms with Crippen molar-refractivity contribution in [2.24, 2.45) is 0 Å². The molecular weight excluding hydrogens is 285 g/mol. The van der Waals surface area contributed by atoms with E-state index in [0.717, 1.165) is 11.8 Å². The highest BCUT2D eigenvalue weighted by atomic mass is 35.7. The Morgan fingerprint density at radius 2 is 2.00 bits per heavy atom. The molecule has 0 saturated heterocycles. The first-order valence-electron chi connectivity index (χ1n) is 4.53. The van der Waals surface area contributed by atoms with Gasteiger partial charge in [0.2, 0.25) is 0 Å². The minimum Gasteiger partial charge on any atom is -0.506 e. The monoisotopic (exact) mass is 291 g/mol. The second-order valence-electron chi connectivity index (χ2n) is 3.53. The van der Waals surface area contributed by atoms with Gasteiger partial charge in [-0.05, 0) is 24.6 Å². The molecule has 4 nitrogen and oxygen atoms in total. The van der Waals surface area contributed by atoms with Crippen molar-refractivity contribution in [3.63, 3.8) is 0 Å². The minimum atomic E-state index is -4.03. The lowest BCUT2D eigenvalue weighted by Crippen LogP contribution is -1.94. The number of fused-ring (bicyclic) bond motifs is 1. The molecule has 90 valence electrons. The van der Waals surface area contributed by atoms with Crippen molar-refractivity contribution in [3.8, 4) is 5.75 Å². The number of aromatic nitrogens is 1. The van der Waals surface area contributed by atoms with Crippen LogP contribution in [0.3, 0.4) is 0 Å². The normalized spacial score (nSPS) is 11.9. The van der Waals surface area contributed by atoms with Gasteiger partial charge in [0.25, 0.3) is 9.05 Å². The van der Waals surface area contributed by atoms with Crippen LogP contribution in [0.15, 0.2) is 23.2 Å². The van der Waals surface area contributed by atoms with Gasteiger partial charge >= 0.3 is 0 Å². The van der Waals surface area contributed by atoms with Crippen molar-refractivity contribution in [3.05, 3.63) is 28.9 Å². The van der Waals surface area contributed by atoms with Gasteiger partial charge in [-0.25, -0.2) is 8.42 Å². The fraction of sp³-hybridized carbons (Fsp3) is 0.100. The molecule has 0 aliphatic heterocycles. The molecule has 0 aliphatic rings. The van der Waals surface area contributed by atoms with Crippen LogP contribution in [-0.4, -0.2) is 18.5 Å². The van der Waals surface area contributed by atoms with E-state index in [0.29, 0.717) is 10.5 Å². The number of nitrogens with zero attached hydrogens (tertiary/aromatic N) is 1. The molecule has 2 rings (SSSR count). The number of hydrogen-bond donors (Lipinski definition) is 1. The molecule has 0 saturated carbocycles. The summed E-state index contributed by atoms with van der Waals surface area (Å²) in [6.45, 7) is 1.78. The zero-order valence-electron chi connectivity index (χ0n) is 8.61. The number of aryl methyl sites for hydroxylation is 1. The van der Waals surface area contributed by atoms with Crippen molar-refractivity contribution in [2.75, 3.05) is 0 Å². The van der Waals surface area contributed by atoms with Crippen molar-refractivity contribution in [1.29, 1.82) is 0 Å². The van der Waals surface area contributed by atoms with E-state index in [1.165, 1.54) is 6.07 Å². The molecule has 0 unspecified atom stereocenters. The number of halogens is 2. The molecule has 0 spiro atoms. The summed E-state index contributed by atoms with van der Waals surface area (Å²) >= 11 is 5.90. The second kappa shape index (κ2) is 4.01. The summed E-state index contributed by atoms with van der Waals surface area (Å²) in [5.41, 5.74) is 1.24. The van der Waals surface area contributed by atoms with Crippen LogP contribution in [0.25, 0.3) is 10.9 Å². The summed E-state index contributed by atoms with van der Waals surface area (Å²) in [6.07, 6.45) is 1.02. The van der Waals surface area contributed by atoms with E-state index in [9.17, 15) is 13.5 Å². The number of pyridine rings is 1. The third kappa shape index (κ3) is 2.18. The highest BCUT2D eigenvalue weighted by molar-refractivity contribution is 8.13. The maximum absolute atomic E-state index is 11.2. The lowest BCUT2D eigenvalue weighted by Gasteiger charge is -2.06. The van der Waals surface area contributed by atoms with E-state index in [1.807, 2.05) is 0 Å². The van der Waals surface area contributed by atoms with Crippen LogP contribution < -0.4 is 0 Å². The molecule has 2 aromatic rings. The first kappa shape index (κ1) is 12.4. The van der Waals surface area contributed by atoms with E-state index in [2.05, 4.69) is 4.98 Å². The lowest BCUT2D eigenvalue weighted by molar-refractivity contribution is 0.465. The van der Waals surface area contributed by atoms with Gasteiger partial charge in [-0.15, -0.1) is 0 Å². The van der Waals surface area contributed by atoms with Gasteiger partial charge in [0.05, 0.1) is 11.7 Å². The summed E-state index contributed by atoms with van der Waals surface area (Å²) < 4.78 is 22.4. The highest BCUT2D eigenvalue weighted by Gasteiger charge is 2.19. The first-order chi connectivity index (χ1) is 7.80. The predicted molar refractivity (Wildman–Crippen MR) is 66.2 cm³/mol. The van der Waals surface area contributed by atoms with Crippen LogP contribution in [0.1, 0.15) is 5.56 Å². The average molecular weight is 292 g/mol. The quantitative estimate of drug-likeness (QED) is 0.821. The molecule has 1 aromatic heterocycles. The maximum atomic E-state index is 11.2. The van der Waals surface area contributed by atoms with E-state index in [4.69, 9.17) is 22.3 Å². The fourth-order valence-corrected chi connectivity index (χ4v) is 2.49. The molecule has 7 heteroatoms. The van der Waals surface area contributed by atoms with Gasteiger partial charge in [-0.3, -0.25) is 4.98 Å². The summed E-state index contributed by atoms with van der Waals surface area (Å²) in [6, 6.07) is 3.11. The number of hydrogen-bond acceptors (Lipinski definition) is 4. The molecule has 17 heavy (non-hydrogen) atoms. The van der Waals surface area contributed by atoms with Gasteiger partial charge in [0.15, 0.2) is 0 Å². The number of benzene rings is 1. The SMILES string of the molecule is Cc1cc2ncc(S(=O)(=O)Cl)c(O)c2cc1Cl. The third-order valence-corrected chi connectivity index (χ3v) is 4.08. The molecule has 1 N–H and O–H groups in total. The van der Waals surface area contributed by atoms with E-state index in [1.54, 1.807) is 13.0 Å². The second-order valence-corrected chi connectivity index (χ2v) is 6.47. The Balaban J connectivity index is 2.90. The summed E-state index contributed by atoms with van der Waals surface area (Å²) in [7, 11) is 1.14. The van der Waals surface area contributed by atoms with E-state index >= 15 is 0 Å². The Labute approximate surface area is 107 Å². The zero-order chi connectivity index (χ0) is 12.8. The Kier molecular flexibility index (Phi) is 2.93. The molecular formula is C10H7Cl2NO3S. The van der Waals surface area contributed by atoms with Crippen LogP contribution in [0, 0.1) is 6.92 Å². The van der Waals surface area contributed by atoms with Crippen LogP contribution in [0.4, 0.5) is 0 Å². The van der Waals surface area contributed by atoms with Gasteiger partial charge in [0, 0.05) is 21.1 Å². The Hall–Kier alpha value is -1.04. The number of rotatable bonds is 1. The molecule has 0 amide bonds. The van der Waals surface area contributed by atoms with Crippen molar-refractivity contribution >= 4 is 42.2 Å². The van der Waals surface area contributed by atoms with E-state index < -0.39 is 19.7 Å². The van der Waals surface area contributed by atoms with Gasteiger partial charge in [-0.1, -0.05) is 11.6 Å². The third-order valence-electron chi connectivity index (χ3n) is 2.35. The molecule has 0 radical (unpaired) electrons. The van der Waals surface area contributed by atoms with Crippen molar-refractivity contribution < 1.29 is 13.5 Å². The Morgan fingerprint density at radius 3 is 2.59 bits per heavy atom. The maximum Gasteiger partial charge on any atom is 0.266 e. The molecule has 0 bridgehead atoms. The van der Waals surface area contributed by atoms with Gasteiger partial charge < -0.3 is 5.11 Å². The highest BCUT2D eigenvalue weighted by Crippen LogP contribution is 2.34. The Bertz CT molecular complexity index is 713. The molecule has 1 heterocycles. The van der Waals surface area contributed by atoms with Crippen molar-refractivity contribution in [2.45, 2.75) is 11.8 Å². The summed E-state index contributed by atoms with van der Waals surface area (Å²) in [5.74, 6) is -0.438. The summed E-state index contributed by atoms with van der Waals surface area (Å²) in [5, 5.41) is 10.5. The van der Waals surface area contributed by atoms with Crippen LogP contribution >= 0.6 is 22.3 Å². The molecule has 1 aromatic carbocycles. The number of aromatic hydroxyl groups is 1.